The second-order valence-electron chi connectivity index (χ2n) is 2.80. The molecule has 0 saturated heterocycles. The first-order valence-electron chi connectivity index (χ1n) is 4.23. The molecule has 4 heteroatoms. The quantitative estimate of drug-likeness (QED) is 0.581. The van der Waals surface area contributed by atoms with Crippen LogP contribution in [0.15, 0.2) is 24.3 Å². The third kappa shape index (κ3) is 5.58. The molecule has 1 aromatic carbocycles. The largest absolute Gasteiger partial charge is 0.494 e. The van der Waals surface area contributed by atoms with Gasteiger partial charge in [-0.05, 0) is 31.0 Å². The third-order valence-electron chi connectivity index (χ3n) is 1.56. The lowest BCUT2D eigenvalue weighted by molar-refractivity contribution is 0.307. The standard InChI is InChI=1S/C10H10Cl3O/c11-10(12,13)7-4-8-14-9-5-2-1-3-6-9/h2-3,5-6H,4,7-8H2. The highest BCUT2D eigenvalue weighted by Gasteiger charge is 2.18. The fourth-order valence-electron chi connectivity index (χ4n) is 0.930. The van der Waals surface area contributed by atoms with Crippen molar-refractivity contribution in [2.75, 3.05) is 6.61 Å². The van der Waals surface area contributed by atoms with Crippen LogP contribution in [-0.2, 0) is 0 Å². The zero-order valence-corrected chi connectivity index (χ0v) is 9.74. The van der Waals surface area contributed by atoms with Gasteiger partial charge in [0.15, 0.2) is 3.79 Å². The maximum Gasteiger partial charge on any atom is 0.190 e. The van der Waals surface area contributed by atoms with Gasteiger partial charge in [0.25, 0.3) is 0 Å². The minimum atomic E-state index is -1.17. The average Bonchev–Trinajstić information content (AvgIpc) is 2.13. The number of benzene rings is 1. The van der Waals surface area contributed by atoms with Gasteiger partial charge in [0.2, 0.25) is 0 Å². The zero-order valence-electron chi connectivity index (χ0n) is 7.47. The summed E-state index contributed by atoms with van der Waals surface area (Å²) in [6.07, 6.45) is 1.21. The first-order chi connectivity index (χ1) is 6.58. The highest BCUT2D eigenvalue weighted by Crippen LogP contribution is 2.31. The van der Waals surface area contributed by atoms with E-state index >= 15 is 0 Å². The average molecular weight is 253 g/mol. The predicted octanol–water partition coefficient (Wildman–Crippen LogP) is 4.02. The zero-order chi connectivity index (χ0) is 10.4. The van der Waals surface area contributed by atoms with Crippen LogP contribution in [0.5, 0.6) is 5.75 Å². The van der Waals surface area contributed by atoms with Gasteiger partial charge in [-0.15, -0.1) is 0 Å². The second-order valence-corrected chi connectivity index (χ2v) is 5.32. The molecule has 0 heterocycles. The fourth-order valence-corrected chi connectivity index (χ4v) is 1.33. The monoisotopic (exact) mass is 251 g/mol. The predicted molar refractivity (Wildman–Crippen MR) is 60.3 cm³/mol. The summed E-state index contributed by atoms with van der Waals surface area (Å²) in [4.78, 5) is 0. The molecule has 14 heavy (non-hydrogen) atoms. The second kappa shape index (κ2) is 5.69. The maximum absolute atomic E-state index is 5.59. The molecule has 0 N–H and O–H groups in total. The van der Waals surface area contributed by atoms with Crippen molar-refractivity contribution < 1.29 is 4.74 Å². The molecule has 77 valence electrons. The van der Waals surface area contributed by atoms with Crippen LogP contribution in [0, 0.1) is 6.07 Å². The van der Waals surface area contributed by atoms with Crippen molar-refractivity contribution in [3.63, 3.8) is 0 Å². The Labute approximate surface area is 98.9 Å². The molecule has 0 aliphatic rings. The highest BCUT2D eigenvalue weighted by atomic mass is 35.6. The smallest absolute Gasteiger partial charge is 0.190 e. The van der Waals surface area contributed by atoms with E-state index in [0.717, 1.165) is 12.2 Å². The number of hydrogen-bond donors (Lipinski definition) is 0. The Morgan fingerprint density at radius 3 is 2.43 bits per heavy atom. The molecule has 0 saturated carbocycles. The number of rotatable bonds is 4. The van der Waals surface area contributed by atoms with Crippen molar-refractivity contribution in [2.45, 2.75) is 16.6 Å². The Morgan fingerprint density at radius 1 is 1.21 bits per heavy atom. The molecule has 0 amide bonds. The highest BCUT2D eigenvalue weighted by molar-refractivity contribution is 6.67. The minimum absolute atomic E-state index is 0.497. The summed E-state index contributed by atoms with van der Waals surface area (Å²) in [7, 11) is 0. The van der Waals surface area contributed by atoms with E-state index in [2.05, 4.69) is 6.07 Å². The van der Waals surface area contributed by atoms with Gasteiger partial charge in [0.05, 0.1) is 6.61 Å². The summed E-state index contributed by atoms with van der Waals surface area (Å²) in [5.41, 5.74) is 0. The summed E-state index contributed by atoms with van der Waals surface area (Å²) in [5, 5.41) is 0. The van der Waals surface area contributed by atoms with Crippen molar-refractivity contribution in [1.29, 1.82) is 0 Å². The molecule has 0 bridgehead atoms. The van der Waals surface area contributed by atoms with Crippen LogP contribution in [0.1, 0.15) is 12.8 Å². The Balaban J connectivity index is 2.17. The van der Waals surface area contributed by atoms with Gasteiger partial charge >= 0.3 is 0 Å². The molecule has 0 unspecified atom stereocenters. The van der Waals surface area contributed by atoms with Gasteiger partial charge in [-0.2, -0.15) is 0 Å². The summed E-state index contributed by atoms with van der Waals surface area (Å²) in [6, 6.07) is 10.2. The summed E-state index contributed by atoms with van der Waals surface area (Å²) in [5.74, 6) is 0.813. The Hall–Kier alpha value is -0.110. The van der Waals surface area contributed by atoms with E-state index in [1.807, 2.05) is 12.1 Å². The van der Waals surface area contributed by atoms with Crippen molar-refractivity contribution in [2.24, 2.45) is 0 Å². The first kappa shape index (κ1) is 12.0. The van der Waals surface area contributed by atoms with Gasteiger partial charge in [0, 0.05) is 0 Å². The molecule has 0 fully saturated rings. The summed E-state index contributed by atoms with van der Waals surface area (Å²) < 4.78 is 4.23. The molecular formula is C10H10Cl3O. The molecule has 0 atom stereocenters. The molecule has 1 rings (SSSR count). The van der Waals surface area contributed by atoms with Crippen LogP contribution in [-0.4, -0.2) is 10.4 Å². The maximum atomic E-state index is 5.59. The van der Waals surface area contributed by atoms with Gasteiger partial charge in [0.1, 0.15) is 5.75 Å². The van der Waals surface area contributed by atoms with E-state index in [1.54, 1.807) is 12.1 Å². The Bertz CT molecular complexity index is 256. The van der Waals surface area contributed by atoms with Gasteiger partial charge in [-0.1, -0.05) is 46.9 Å². The van der Waals surface area contributed by atoms with E-state index in [1.165, 1.54) is 0 Å². The number of hydrogen-bond acceptors (Lipinski definition) is 1. The van der Waals surface area contributed by atoms with E-state index in [4.69, 9.17) is 39.5 Å². The van der Waals surface area contributed by atoms with Crippen LogP contribution in [0.25, 0.3) is 0 Å². The van der Waals surface area contributed by atoms with Crippen molar-refractivity contribution in [1.82, 2.24) is 0 Å². The lowest BCUT2D eigenvalue weighted by Crippen LogP contribution is -2.05. The van der Waals surface area contributed by atoms with E-state index in [-0.39, 0.29) is 0 Å². The van der Waals surface area contributed by atoms with Crippen LogP contribution < -0.4 is 4.74 Å². The van der Waals surface area contributed by atoms with Gasteiger partial charge < -0.3 is 4.74 Å². The lowest BCUT2D eigenvalue weighted by Gasteiger charge is -2.10. The third-order valence-corrected chi connectivity index (χ3v) is 2.13. The first-order valence-corrected chi connectivity index (χ1v) is 5.37. The van der Waals surface area contributed by atoms with Crippen molar-refractivity contribution >= 4 is 34.8 Å². The molecule has 1 nitrogen and oxygen atoms in total. The van der Waals surface area contributed by atoms with Crippen molar-refractivity contribution in [3.05, 3.63) is 30.3 Å². The van der Waals surface area contributed by atoms with E-state index in [9.17, 15) is 0 Å². The molecule has 1 radical (unpaired) electrons. The van der Waals surface area contributed by atoms with Gasteiger partial charge in [-0.25, -0.2) is 0 Å². The van der Waals surface area contributed by atoms with Crippen LogP contribution >= 0.6 is 34.8 Å². The SMILES string of the molecule is ClC(Cl)(Cl)CCCOc1cc[c]cc1. The molecular weight excluding hydrogens is 242 g/mol. The summed E-state index contributed by atoms with van der Waals surface area (Å²) in [6.45, 7) is 0.553. The van der Waals surface area contributed by atoms with Crippen LogP contribution in [0.3, 0.4) is 0 Å². The molecule has 0 aliphatic carbocycles. The molecule has 0 aromatic heterocycles. The Morgan fingerprint density at radius 2 is 1.86 bits per heavy atom. The van der Waals surface area contributed by atoms with E-state index < -0.39 is 3.79 Å². The molecule has 1 aromatic rings. The normalized spacial score (nSPS) is 11.4. The minimum Gasteiger partial charge on any atom is -0.494 e. The molecule has 0 spiro atoms. The number of ether oxygens (including phenoxy) is 1. The Kier molecular flexibility index (Phi) is 4.86. The summed E-state index contributed by atoms with van der Waals surface area (Å²) >= 11 is 16.8. The van der Waals surface area contributed by atoms with Crippen LogP contribution in [0.2, 0.25) is 0 Å². The van der Waals surface area contributed by atoms with Crippen LogP contribution in [0.4, 0.5) is 0 Å². The number of alkyl halides is 3. The van der Waals surface area contributed by atoms with Gasteiger partial charge in [-0.3, -0.25) is 0 Å². The number of halogens is 3. The van der Waals surface area contributed by atoms with Crippen molar-refractivity contribution in [3.8, 4) is 5.75 Å². The molecule has 0 aliphatic heterocycles. The lowest BCUT2D eigenvalue weighted by atomic mass is 10.3. The van der Waals surface area contributed by atoms with E-state index in [0.29, 0.717) is 13.0 Å². The fraction of sp³-hybridized carbons (Fsp3) is 0.400. The topological polar surface area (TPSA) is 9.23 Å².